The summed E-state index contributed by atoms with van der Waals surface area (Å²) in [5.74, 6) is -1.37. The number of benzene rings is 3. The van der Waals surface area contributed by atoms with Crippen molar-refractivity contribution in [1.82, 2.24) is 0 Å². The van der Waals surface area contributed by atoms with Crippen molar-refractivity contribution in [3.05, 3.63) is 109 Å². The van der Waals surface area contributed by atoms with Crippen LogP contribution in [0.5, 0.6) is 23.0 Å². The molecule has 0 aliphatic heterocycles. The highest BCUT2D eigenvalue weighted by Gasteiger charge is 2.03. The minimum Gasteiger partial charge on any atom is -0.508 e. The van der Waals surface area contributed by atoms with Gasteiger partial charge in [0, 0.05) is 25.0 Å². The van der Waals surface area contributed by atoms with E-state index in [1.54, 1.807) is 24.3 Å². The number of esters is 2. The van der Waals surface area contributed by atoms with E-state index in [1.807, 2.05) is 0 Å². The van der Waals surface area contributed by atoms with Gasteiger partial charge in [0.1, 0.15) is 23.0 Å². The predicted octanol–water partition coefficient (Wildman–Crippen LogP) is 4.86. The molecule has 234 valence electrons. The van der Waals surface area contributed by atoms with Crippen LogP contribution in [0, 0.1) is 0 Å². The van der Waals surface area contributed by atoms with Crippen LogP contribution in [0.15, 0.2) is 98.1 Å². The van der Waals surface area contributed by atoms with Crippen LogP contribution in [0.4, 0.5) is 0 Å². The number of carbonyl (C=O) groups excluding carboxylic acids is 2. The van der Waals surface area contributed by atoms with Gasteiger partial charge in [-0.3, -0.25) is 0 Å². The average Bonchev–Trinajstić information content (AvgIpc) is 3.03. The maximum Gasteiger partial charge on any atom is 0.335 e. The van der Waals surface area contributed by atoms with Crippen LogP contribution in [-0.2, 0) is 19.1 Å². The summed E-state index contributed by atoms with van der Waals surface area (Å²) in [7, 11) is 0. The highest BCUT2D eigenvalue weighted by molar-refractivity contribution is 5.88. The van der Waals surface area contributed by atoms with E-state index in [2.05, 4.69) is 13.2 Å². The summed E-state index contributed by atoms with van der Waals surface area (Å²) < 4.78 is 20.2. The van der Waals surface area contributed by atoms with Crippen LogP contribution in [0.2, 0.25) is 0 Å². The predicted molar refractivity (Wildman–Crippen MR) is 159 cm³/mol. The number of aromatic carboxylic acids is 2. The van der Waals surface area contributed by atoms with Crippen molar-refractivity contribution >= 4 is 23.9 Å². The van der Waals surface area contributed by atoms with E-state index in [9.17, 15) is 19.2 Å². The van der Waals surface area contributed by atoms with Gasteiger partial charge < -0.3 is 39.4 Å². The molecule has 0 saturated heterocycles. The van der Waals surface area contributed by atoms with Crippen LogP contribution >= 0.6 is 0 Å². The van der Waals surface area contributed by atoms with Crippen LogP contribution in [0.1, 0.15) is 33.6 Å². The molecule has 0 radical (unpaired) electrons. The van der Waals surface area contributed by atoms with Crippen molar-refractivity contribution < 1.29 is 58.6 Å². The second-order valence-corrected chi connectivity index (χ2v) is 8.32. The van der Waals surface area contributed by atoms with Gasteiger partial charge in [0.05, 0.1) is 37.6 Å². The van der Waals surface area contributed by atoms with Crippen molar-refractivity contribution in [2.45, 2.75) is 12.8 Å². The quantitative estimate of drug-likeness (QED) is 0.0841. The Kier molecular flexibility index (Phi) is 17.3. The normalized spacial score (nSPS) is 9.45. The molecule has 0 aliphatic rings. The summed E-state index contributed by atoms with van der Waals surface area (Å²) in [5.41, 5.74) is 0.421. The van der Waals surface area contributed by atoms with E-state index in [-0.39, 0.29) is 35.8 Å². The smallest absolute Gasteiger partial charge is 0.335 e. The fourth-order valence-electron chi connectivity index (χ4n) is 2.80. The zero-order valence-electron chi connectivity index (χ0n) is 23.8. The molecule has 3 aromatic rings. The van der Waals surface area contributed by atoms with Crippen molar-refractivity contribution in [2.75, 3.05) is 26.4 Å². The lowest BCUT2D eigenvalue weighted by atomic mass is 10.2. The largest absolute Gasteiger partial charge is 0.508 e. The van der Waals surface area contributed by atoms with Gasteiger partial charge in [0.2, 0.25) is 0 Å². The van der Waals surface area contributed by atoms with Gasteiger partial charge in [-0.05, 0) is 72.8 Å². The average molecular weight is 611 g/mol. The van der Waals surface area contributed by atoms with Crippen LogP contribution in [-0.4, -0.2) is 70.7 Å². The number of hydrogen-bond donors (Lipinski definition) is 4. The van der Waals surface area contributed by atoms with Gasteiger partial charge in [0.25, 0.3) is 0 Å². The first kappa shape index (κ1) is 36.2. The summed E-state index contributed by atoms with van der Waals surface area (Å²) in [6, 6.07) is 17.9. The molecule has 0 spiro atoms. The molecule has 0 aromatic heterocycles. The molecular weight excluding hydrogens is 576 g/mol. The number of hydrogen-bond acceptors (Lipinski definition) is 10. The van der Waals surface area contributed by atoms with E-state index >= 15 is 0 Å². The molecular formula is C32H34O12. The molecule has 12 nitrogen and oxygen atoms in total. The van der Waals surface area contributed by atoms with Gasteiger partial charge >= 0.3 is 23.9 Å². The standard InChI is InChI=1S/2C13H14O5.C6H6O2/c2*1-2-12(14)18-9-3-8-17-11-6-4-10(5-7-11)13(15)16;7-5-1-2-6(8)4-3-5/h2*2,4-7H,1,3,8-9H2,(H,15,16);1-4,7-8H. The van der Waals surface area contributed by atoms with Gasteiger partial charge in [-0.25, -0.2) is 19.2 Å². The third-order valence-corrected chi connectivity index (χ3v) is 4.99. The Labute approximate surface area is 254 Å². The monoisotopic (exact) mass is 610 g/mol. The molecule has 0 atom stereocenters. The summed E-state index contributed by atoms with van der Waals surface area (Å²) in [5, 5.41) is 34.7. The van der Waals surface area contributed by atoms with Crippen molar-refractivity contribution in [3.63, 3.8) is 0 Å². The number of ether oxygens (including phenoxy) is 4. The van der Waals surface area contributed by atoms with Gasteiger partial charge in [-0.2, -0.15) is 0 Å². The number of rotatable bonds is 14. The molecule has 0 aliphatic carbocycles. The first-order valence-electron chi connectivity index (χ1n) is 13.0. The lowest BCUT2D eigenvalue weighted by Gasteiger charge is -2.06. The lowest BCUT2D eigenvalue weighted by molar-refractivity contribution is -0.138. The molecule has 0 saturated carbocycles. The van der Waals surface area contributed by atoms with Crippen molar-refractivity contribution in [1.29, 1.82) is 0 Å². The van der Waals surface area contributed by atoms with E-state index in [1.165, 1.54) is 48.5 Å². The number of carboxylic acid groups (broad SMARTS) is 2. The number of carbonyl (C=O) groups is 4. The summed E-state index contributed by atoms with van der Waals surface area (Å²) in [4.78, 5) is 42.6. The number of carboxylic acids is 2. The third kappa shape index (κ3) is 16.5. The fraction of sp³-hybridized carbons (Fsp3) is 0.188. The number of aromatic hydroxyl groups is 2. The molecule has 3 aromatic carbocycles. The van der Waals surface area contributed by atoms with E-state index < -0.39 is 23.9 Å². The molecule has 0 amide bonds. The SMILES string of the molecule is C=CC(=O)OCCCOc1ccc(C(=O)O)cc1.C=CC(=O)OCCCOc1ccc(C(=O)O)cc1.Oc1ccc(O)cc1. The maximum atomic E-state index is 10.7. The Morgan fingerprint density at radius 2 is 0.864 bits per heavy atom. The topological polar surface area (TPSA) is 186 Å². The second kappa shape index (κ2) is 21.0. The fourth-order valence-corrected chi connectivity index (χ4v) is 2.80. The molecule has 0 heterocycles. The molecule has 12 heteroatoms. The first-order chi connectivity index (χ1) is 21.0. The van der Waals surface area contributed by atoms with Gasteiger partial charge in [-0.15, -0.1) is 0 Å². The van der Waals surface area contributed by atoms with E-state index in [4.69, 9.17) is 39.4 Å². The van der Waals surface area contributed by atoms with Gasteiger partial charge in [-0.1, -0.05) is 13.2 Å². The zero-order chi connectivity index (χ0) is 32.7. The Morgan fingerprint density at radius 3 is 1.14 bits per heavy atom. The summed E-state index contributed by atoms with van der Waals surface area (Å²) in [6.07, 6.45) is 3.32. The molecule has 0 fully saturated rings. The van der Waals surface area contributed by atoms with Crippen molar-refractivity contribution in [3.8, 4) is 23.0 Å². The first-order valence-corrected chi connectivity index (χ1v) is 13.0. The molecule has 0 bridgehead atoms. The van der Waals surface area contributed by atoms with Gasteiger partial charge in [0.15, 0.2) is 0 Å². The number of phenolic OH excluding ortho intramolecular Hbond substituents is 2. The molecule has 44 heavy (non-hydrogen) atoms. The Hall–Kier alpha value is -5.78. The highest BCUT2D eigenvalue weighted by Crippen LogP contribution is 2.14. The molecule has 3 rings (SSSR count). The Balaban J connectivity index is 0.000000354. The maximum absolute atomic E-state index is 10.7. The second-order valence-electron chi connectivity index (χ2n) is 8.32. The van der Waals surface area contributed by atoms with E-state index in [0.717, 1.165) is 12.2 Å². The lowest BCUT2D eigenvalue weighted by Crippen LogP contribution is -2.06. The third-order valence-electron chi connectivity index (χ3n) is 4.99. The highest BCUT2D eigenvalue weighted by atomic mass is 16.5. The Morgan fingerprint density at radius 1 is 0.545 bits per heavy atom. The minimum absolute atomic E-state index is 0.169. The minimum atomic E-state index is -0.974. The molecule has 0 unspecified atom stereocenters. The summed E-state index contributed by atoms with van der Waals surface area (Å²) in [6.45, 7) is 7.85. The van der Waals surface area contributed by atoms with Crippen LogP contribution in [0.25, 0.3) is 0 Å². The van der Waals surface area contributed by atoms with Crippen LogP contribution < -0.4 is 9.47 Å². The van der Waals surface area contributed by atoms with Crippen LogP contribution in [0.3, 0.4) is 0 Å². The summed E-state index contributed by atoms with van der Waals surface area (Å²) >= 11 is 0. The van der Waals surface area contributed by atoms with Crippen molar-refractivity contribution in [2.24, 2.45) is 0 Å². The number of phenols is 2. The molecule has 4 N–H and O–H groups in total. The van der Waals surface area contributed by atoms with E-state index in [0.29, 0.717) is 37.6 Å². The zero-order valence-corrected chi connectivity index (χ0v) is 23.8. The Bertz CT molecular complexity index is 1230.